The average molecular weight is 179 g/mol. The SMILES string of the molecule is CC(S)Oc1ccccc1C#N. The van der Waals surface area contributed by atoms with Crippen molar-refractivity contribution in [2.24, 2.45) is 0 Å². The highest BCUT2D eigenvalue weighted by molar-refractivity contribution is 7.80. The lowest BCUT2D eigenvalue weighted by Crippen LogP contribution is -2.03. The first-order chi connectivity index (χ1) is 5.74. The Hall–Kier alpha value is -1.14. The molecule has 0 aliphatic carbocycles. The van der Waals surface area contributed by atoms with E-state index < -0.39 is 0 Å². The summed E-state index contributed by atoms with van der Waals surface area (Å²) < 4.78 is 5.28. The zero-order valence-electron chi connectivity index (χ0n) is 6.69. The van der Waals surface area contributed by atoms with E-state index in [1.165, 1.54) is 0 Å². The molecule has 0 amide bonds. The Kier molecular flexibility index (Phi) is 3.01. The van der Waals surface area contributed by atoms with Gasteiger partial charge >= 0.3 is 0 Å². The summed E-state index contributed by atoms with van der Waals surface area (Å²) in [6, 6.07) is 9.14. The maximum Gasteiger partial charge on any atom is 0.139 e. The van der Waals surface area contributed by atoms with Gasteiger partial charge in [0.1, 0.15) is 17.3 Å². The Morgan fingerprint density at radius 1 is 1.50 bits per heavy atom. The highest BCUT2D eigenvalue weighted by Crippen LogP contribution is 2.18. The molecule has 0 saturated carbocycles. The van der Waals surface area contributed by atoms with Crippen LogP contribution in [0.1, 0.15) is 12.5 Å². The molecule has 2 nitrogen and oxygen atoms in total. The fraction of sp³-hybridized carbons (Fsp3) is 0.222. The number of hydrogen-bond donors (Lipinski definition) is 1. The lowest BCUT2D eigenvalue weighted by Gasteiger charge is -2.09. The summed E-state index contributed by atoms with van der Waals surface area (Å²) in [5.41, 5.74) is 0.345. The highest BCUT2D eigenvalue weighted by atomic mass is 32.1. The number of thiol groups is 1. The molecule has 0 saturated heterocycles. The van der Waals surface area contributed by atoms with Crippen molar-refractivity contribution in [3.8, 4) is 11.8 Å². The van der Waals surface area contributed by atoms with E-state index in [9.17, 15) is 0 Å². The topological polar surface area (TPSA) is 33.0 Å². The van der Waals surface area contributed by atoms with Gasteiger partial charge in [0.05, 0.1) is 5.56 Å². The zero-order chi connectivity index (χ0) is 8.97. The van der Waals surface area contributed by atoms with Gasteiger partial charge in [0.25, 0.3) is 0 Å². The van der Waals surface area contributed by atoms with Crippen LogP contribution in [-0.4, -0.2) is 5.44 Å². The van der Waals surface area contributed by atoms with E-state index >= 15 is 0 Å². The molecule has 0 N–H and O–H groups in total. The first-order valence-corrected chi connectivity index (χ1v) is 4.09. The number of nitriles is 1. The standard InChI is InChI=1S/C9H9NOS/c1-7(12)11-9-5-3-2-4-8(9)6-10/h2-5,7,12H,1H3. The molecule has 1 unspecified atom stereocenters. The summed E-state index contributed by atoms with van der Waals surface area (Å²) in [6.45, 7) is 1.80. The molecule has 1 aromatic rings. The molecular weight excluding hydrogens is 170 g/mol. The third-order valence-electron chi connectivity index (χ3n) is 1.31. The average Bonchev–Trinajstić information content (AvgIpc) is 2.04. The van der Waals surface area contributed by atoms with E-state index in [0.717, 1.165) is 0 Å². The fourth-order valence-electron chi connectivity index (χ4n) is 0.846. The Labute approximate surface area is 77.2 Å². The summed E-state index contributed by atoms with van der Waals surface area (Å²) in [6.07, 6.45) is 0. The minimum absolute atomic E-state index is 0.195. The van der Waals surface area contributed by atoms with Crippen LogP contribution in [0.5, 0.6) is 5.75 Å². The Morgan fingerprint density at radius 2 is 2.17 bits per heavy atom. The Bertz CT molecular complexity index is 304. The van der Waals surface area contributed by atoms with Gasteiger partial charge in [-0.05, 0) is 19.1 Å². The third kappa shape index (κ3) is 2.18. The normalized spacial score (nSPS) is 11.8. The van der Waals surface area contributed by atoms with Gasteiger partial charge in [-0.2, -0.15) is 5.26 Å². The van der Waals surface area contributed by atoms with Crippen molar-refractivity contribution in [1.82, 2.24) is 0 Å². The van der Waals surface area contributed by atoms with Crippen LogP contribution < -0.4 is 4.74 Å². The van der Waals surface area contributed by atoms with Crippen LogP contribution in [-0.2, 0) is 0 Å². The Balaban J connectivity index is 2.91. The van der Waals surface area contributed by atoms with Gasteiger partial charge in [-0.1, -0.05) is 12.1 Å². The van der Waals surface area contributed by atoms with Crippen LogP contribution in [0.25, 0.3) is 0 Å². The van der Waals surface area contributed by atoms with Gasteiger partial charge in [0.2, 0.25) is 0 Å². The molecule has 1 atom stereocenters. The largest absolute Gasteiger partial charge is 0.479 e. The zero-order valence-corrected chi connectivity index (χ0v) is 7.58. The van der Waals surface area contributed by atoms with Crippen LogP contribution in [0, 0.1) is 11.3 Å². The molecule has 0 aliphatic heterocycles. The maximum atomic E-state index is 8.68. The predicted molar refractivity (Wildman–Crippen MR) is 50.2 cm³/mol. The van der Waals surface area contributed by atoms with Crippen molar-refractivity contribution in [3.63, 3.8) is 0 Å². The van der Waals surface area contributed by atoms with Crippen molar-refractivity contribution in [2.45, 2.75) is 12.4 Å². The molecule has 1 aromatic carbocycles. The van der Waals surface area contributed by atoms with Crippen molar-refractivity contribution in [1.29, 1.82) is 5.26 Å². The van der Waals surface area contributed by atoms with Crippen LogP contribution in [0.3, 0.4) is 0 Å². The predicted octanol–water partition coefficient (Wildman–Crippen LogP) is 2.21. The van der Waals surface area contributed by atoms with Crippen molar-refractivity contribution >= 4 is 12.6 Å². The van der Waals surface area contributed by atoms with E-state index in [4.69, 9.17) is 10.00 Å². The maximum absolute atomic E-state index is 8.68. The van der Waals surface area contributed by atoms with E-state index in [0.29, 0.717) is 11.3 Å². The second-order valence-electron chi connectivity index (χ2n) is 2.33. The van der Waals surface area contributed by atoms with Crippen molar-refractivity contribution in [3.05, 3.63) is 29.8 Å². The molecule has 0 bridgehead atoms. The number of benzene rings is 1. The molecule has 62 valence electrons. The van der Waals surface area contributed by atoms with E-state index in [-0.39, 0.29) is 5.44 Å². The van der Waals surface area contributed by atoms with E-state index in [1.54, 1.807) is 25.1 Å². The molecule has 1 rings (SSSR count). The molecule has 3 heteroatoms. The van der Waals surface area contributed by atoms with Gasteiger partial charge in [-0.3, -0.25) is 0 Å². The molecule has 0 heterocycles. The van der Waals surface area contributed by atoms with Gasteiger partial charge in [-0.25, -0.2) is 0 Å². The summed E-state index contributed by atoms with van der Waals surface area (Å²) in [4.78, 5) is 0. The molecule has 0 fully saturated rings. The monoisotopic (exact) mass is 179 g/mol. The lowest BCUT2D eigenvalue weighted by atomic mass is 10.2. The van der Waals surface area contributed by atoms with Crippen LogP contribution in [0.2, 0.25) is 0 Å². The van der Waals surface area contributed by atoms with Gasteiger partial charge < -0.3 is 4.74 Å². The number of nitrogens with zero attached hydrogens (tertiary/aromatic N) is 1. The molecule has 0 radical (unpaired) electrons. The third-order valence-corrected chi connectivity index (χ3v) is 1.41. The van der Waals surface area contributed by atoms with Crippen molar-refractivity contribution in [2.75, 3.05) is 0 Å². The van der Waals surface area contributed by atoms with E-state index in [2.05, 4.69) is 12.6 Å². The van der Waals surface area contributed by atoms with Crippen molar-refractivity contribution < 1.29 is 4.74 Å². The smallest absolute Gasteiger partial charge is 0.139 e. The highest BCUT2D eigenvalue weighted by Gasteiger charge is 2.02. The second kappa shape index (κ2) is 4.03. The van der Waals surface area contributed by atoms with Crippen LogP contribution in [0.4, 0.5) is 0 Å². The molecule has 0 aromatic heterocycles. The summed E-state index contributed by atoms with van der Waals surface area (Å²) in [5.74, 6) is 0.586. The number of ether oxygens (including phenoxy) is 1. The lowest BCUT2D eigenvalue weighted by molar-refractivity contribution is 0.309. The minimum Gasteiger partial charge on any atom is -0.479 e. The second-order valence-corrected chi connectivity index (χ2v) is 3.05. The van der Waals surface area contributed by atoms with Crippen LogP contribution in [0.15, 0.2) is 24.3 Å². The van der Waals surface area contributed by atoms with Gasteiger partial charge in [0, 0.05) is 0 Å². The fourth-order valence-corrected chi connectivity index (χ4v) is 0.959. The van der Waals surface area contributed by atoms with Crippen LogP contribution >= 0.6 is 12.6 Å². The molecule has 12 heavy (non-hydrogen) atoms. The molecule has 0 aliphatic rings. The molecular formula is C9H9NOS. The van der Waals surface area contributed by atoms with Gasteiger partial charge in [-0.15, -0.1) is 12.6 Å². The number of para-hydroxylation sites is 1. The molecule has 0 spiro atoms. The Morgan fingerprint density at radius 3 is 2.75 bits per heavy atom. The van der Waals surface area contributed by atoms with E-state index in [1.807, 2.05) is 12.1 Å². The number of hydrogen-bond acceptors (Lipinski definition) is 3. The number of rotatable bonds is 2. The quantitative estimate of drug-likeness (QED) is 0.557. The summed E-state index contributed by atoms with van der Waals surface area (Å²) in [5, 5.41) is 8.68. The first-order valence-electron chi connectivity index (χ1n) is 3.58. The summed E-state index contributed by atoms with van der Waals surface area (Å²) in [7, 11) is 0. The first kappa shape index (κ1) is 8.95. The summed E-state index contributed by atoms with van der Waals surface area (Å²) >= 11 is 4.06. The minimum atomic E-state index is -0.195. The van der Waals surface area contributed by atoms with Gasteiger partial charge in [0.15, 0.2) is 0 Å².